The highest BCUT2D eigenvalue weighted by Gasteiger charge is 2.79. The second-order valence-corrected chi connectivity index (χ2v) is 15.8. The highest BCUT2D eigenvalue weighted by molar-refractivity contribution is 7.90. The summed E-state index contributed by atoms with van der Waals surface area (Å²) in [6.07, 6.45) is 9.37. The minimum Gasteiger partial charge on any atom is -0.493 e. The molecule has 1 saturated heterocycles. The standard InChI is InChI=1S/C34H40N2O6S/c1-35(19-22-6-5-7-24(16-22)43(4,38)39)30(37)25-18-32-12-13-34(25,41-3)31-33(32)14-15-36(20-21-8-9-21)27(32)17-23-10-11-26(40-2)29(42-31)28(23)33/h5-7,10-11,16,18,21,27,31H,8-9,12-15,17,19-20H2,1-4H3/t27-,31-,32-,33+,34-/m1/s1. The van der Waals surface area contributed by atoms with E-state index in [2.05, 4.69) is 17.0 Å². The number of rotatable bonds is 8. The third-order valence-corrected chi connectivity index (χ3v) is 12.8. The average molecular weight is 605 g/mol. The number of likely N-dealkylation sites (tertiary alicyclic amines) is 1. The van der Waals surface area contributed by atoms with Crippen LogP contribution in [0.1, 0.15) is 48.8 Å². The first-order valence-electron chi connectivity index (χ1n) is 15.5. The third-order valence-electron chi connectivity index (χ3n) is 11.7. The first-order valence-corrected chi connectivity index (χ1v) is 17.4. The zero-order valence-electron chi connectivity index (χ0n) is 25.4. The Hall–Kier alpha value is -2.88. The fourth-order valence-corrected chi connectivity index (χ4v) is 10.4. The lowest BCUT2D eigenvalue weighted by atomic mass is 9.37. The molecule has 9 rings (SSSR count). The van der Waals surface area contributed by atoms with E-state index in [1.807, 2.05) is 12.1 Å². The highest BCUT2D eigenvalue weighted by atomic mass is 32.2. The lowest BCUT2D eigenvalue weighted by Crippen LogP contribution is -2.78. The van der Waals surface area contributed by atoms with Crippen LogP contribution in [0.4, 0.5) is 0 Å². The summed E-state index contributed by atoms with van der Waals surface area (Å²) in [4.78, 5) is 19.2. The smallest absolute Gasteiger partial charge is 0.252 e. The molecule has 2 aromatic rings. The molecule has 0 aromatic heterocycles. The van der Waals surface area contributed by atoms with Crippen molar-refractivity contribution in [3.63, 3.8) is 0 Å². The second kappa shape index (κ2) is 9.08. The molecule has 2 spiro atoms. The van der Waals surface area contributed by atoms with E-state index >= 15 is 0 Å². The topological polar surface area (TPSA) is 85.4 Å². The summed E-state index contributed by atoms with van der Waals surface area (Å²) >= 11 is 0. The predicted octanol–water partition coefficient (Wildman–Crippen LogP) is 3.90. The van der Waals surface area contributed by atoms with Crippen LogP contribution in [-0.4, -0.2) is 82.5 Å². The molecular weight excluding hydrogens is 564 g/mol. The number of benzene rings is 2. The Morgan fingerprint density at radius 3 is 2.67 bits per heavy atom. The summed E-state index contributed by atoms with van der Waals surface area (Å²) in [5, 5.41) is 0. The first-order chi connectivity index (χ1) is 20.6. The number of nitrogens with zero attached hydrogens (tertiary/aromatic N) is 2. The number of amides is 1. The van der Waals surface area contributed by atoms with Crippen molar-refractivity contribution in [2.45, 2.75) is 73.1 Å². The molecule has 43 heavy (non-hydrogen) atoms. The molecule has 4 bridgehead atoms. The fraction of sp³-hybridized carbons (Fsp3) is 0.559. The average Bonchev–Trinajstić information content (AvgIpc) is 3.74. The lowest BCUT2D eigenvalue weighted by molar-refractivity contribution is -0.198. The molecule has 0 N–H and O–H groups in total. The van der Waals surface area contributed by atoms with E-state index in [0.717, 1.165) is 55.3 Å². The van der Waals surface area contributed by atoms with Gasteiger partial charge in [0.1, 0.15) is 11.7 Å². The van der Waals surface area contributed by atoms with Crippen LogP contribution in [0.25, 0.3) is 0 Å². The maximum Gasteiger partial charge on any atom is 0.252 e. The van der Waals surface area contributed by atoms with Crippen molar-refractivity contribution in [1.82, 2.24) is 9.80 Å². The van der Waals surface area contributed by atoms with Crippen molar-refractivity contribution < 1.29 is 27.4 Å². The minimum absolute atomic E-state index is 0.0929. The van der Waals surface area contributed by atoms with E-state index in [4.69, 9.17) is 14.2 Å². The number of piperidine rings is 1. The number of sulfone groups is 1. The predicted molar refractivity (Wildman–Crippen MR) is 161 cm³/mol. The molecule has 5 atom stereocenters. The Morgan fingerprint density at radius 2 is 1.95 bits per heavy atom. The van der Waals surface area contributed by atoms with Gasteiger partial charge in [0.15, 0.2) is 21.3 Å². The SMILES string of the molecule is COc1ccc2c3c1O[C@@H]1[C@]34CCN(CC3CC3)[C@H](C2)[C@@]42C=C(C(=O)N(C)Cc3cccc(S(C)(=O)=O)c3)[C@]1(OC)CC2. The maximum absolute atomic E-state index is 14.5. The van der Waals surface area contributed by atoms with Crippen molar-refractivity contribution in [3.05, 3.63) is 64.7 Å². The number of carbonyl (C=O) groups is 1. The number of ether oxygens (including phenoxy) is 3. The Kier molecular flexibility index (Phi) is 5.84. The summed E-state index contributed by atoms with van der Waals surface area (Å²) in [5.74, 6) is 2.26. The number of methoxy groups -OCH3 is 2. The molecule has 5 aliphatic carbocycles. The molecule has 8 nitrogen and oxygen atoms in total. The van der Waals surface area contributed by atoms with E-state index < -0.39 is 15.4 Å². The summed E-state index contributed by atoms with van der Waals surface area (Å²) in [7, 11) is 1.86. The van der Waals surface area contributed by atoms with E-state index in [1.165, 1.54) is 30.2 Å². The van der Waals surface area contributed by atoms with Crippen LogP contribution >= 0.6 is 0 Å². The third kappa shape index (κ3) is 3.56. The van der Waals surface area contributed by atoms with Gasteiger partial charge in [-0.1, -0.05) is 24.3 Å². The summed E-state index contributed by atoms with van der Waals surface area (Å²) in [6, 6.07) is 11.4. The van der Waals surface area contributed by atoms with Crippen LogP contribution in [0.5, 0.6) is 11.5 Å². The molecule has 2 aromatic carbocycles. The van der Waals surface area contributed by atoms with Gasteiger partial charge in [0.25, 0.3) is 5.91 Å². The normalized spacial score (nSPS) is 33.4. The summed E-state index contributed by atoms with van der Waals surface area (Å²) in [6.45, 7) is 2.43. The van der Waals surface area contributed by atoms with Crippen LogP contribution in [0.15, 0.2) is 52.9 Å². The number of carbonyl (C=O) groups excluding carboxylic acids is 1. The van der Waals surface area contributed by atoms with Crippen molar-refractivity contribution in [2.75, 3.05) is 40.6 Å². The molecule has 3 fully saturated rings. The van der Waals surface area contributed by atoms with Gasteiger partial charge in [-0.2, -0.15) is 0 Å². The zero-order valence-corrected chi connectivity index (χ0v) is 26.2. The molecule has 0 radical (unpaired) electrons. The van der Waals surface area contributed by atoms with Gasteiger partial charge < -0.3 is 19.1 Å². The van der Waals surface area contributed by atoms with E-state index in [1.54, 1.807) is 44.4 Å². The molecule has 1 amide bonds. The molecule has 0 unspecified atom stereocenters. The molecule has 7 aliphatic rings. The second-order valence-electron chi connectivity index (χ2n) is 13.8. The van der Waals surface area contributed by atoms with Crippen LogP contribution < -0.4 is 9.47 Å². The van der Waals surface area contributed by atoms with Gasteiger partial charge in [0, 0.05) is 56.1 Å². The summed E-state index contributed by atoms with van der Waals surface area (Å²) in [5.41, 5.74) is 2.64. The largest absolute Gasteiger partial charge is 0.493 e. The first kappa shape index (κ1) is 27.7. The summed E-state index contributed by atoms with van der Waals surface area (Å²) < 4.78 is 43.8. The van der Waals surface area contributed by atoms with Gasteiger partial charge in [-0.15, -0.1) is 0 Å². The van der Waals surface area contributed by atoms with Gasteiger partial charge in [0.2, 0.25) is 0 Å². The van der Waals surface area contributed by atoms with Gasteiger partial charge in [0.05, 0.1) is 17.4 Å². The van der Waals surface area contributed by atoms with Crippen molar-refractivity contribution in [3.8, 4) is 11.5 Å². The Morgan fingerprint density at radius 1 is 1.14 bits per heavy atom. The van der Waals surface area contributed by atoms with Gasteiger partial charge >= 0.3 is 0 Å². The van der Waals surface area contributed by atoms with E-state index in [-0.39, 0.29) is 33.8 Å². The molecular formula is C34H40N2O6S. The van der Waals surface area contributed by atoms with Crippen molar-refractivity contribution in [1.29, 1.82) is 0 Å². The number of fused-ring (bicyclic) bond motifs is 1. The van der Waals surface area contributed by atoms with Gasteiger partial charge in [-0.3, -0.25) is 9.69 Å². The maximum atomic E-state index is 14.5. The van der Waals surface area contributed by atoms with Crippen LogP contribution in [0.3, 0.4) is 0 Å². The fourth-order valence-electron chi connectivity index (χ4n) is 9.67. The number of likely N-dealkylation sites (N-methyl/N-ethyl adjacent to an activating group) is 1. The Labute approximate surface area is 253 Å². The molecule has 2 saturated carbocycles. The number of hydrogen-bond acceptors (Lipinski definition) is 7. The van der Waals surface area contributed by atoms with Crippen molar-refractivity contribution >= 4 is 15.7 Å². The molecule has 2 aliphatic heterocycles. The van der Waals surface area contributed by atoms with Gasteiger partial charge in [-0.05, 0) is 80.3 Å². The highest BCUT2D eigenvalue weighted by Crippen LogP contribution is 2.75. The zero-order chi connectivity index (χ0) is 29.9. The van der Waals surface area contributed by atoms with E-state index in [0.29, 0.717) is 18.5 Å². The molecule has 228 valence electrons. The van der Waals surface area contributed by atoms with E-state index in [9.17, 15) is 13.2 Å². The monoisotopic (exact) mass is 604 g/mol. The molecule has 2 heterocycles. The van der Waals surface area contributed by atoms with Gasteiger partial charge in [-0.25, -0.2) is 8.42 Å². The Bertz CT molecular complexity index is 1680. The van der Waals surface area contributed by atoms with Crippen LogP contribution in [0, 0.1) is 11.3 Å². The quantitative estimate of drug-likeness (QED) is 0.452. The Balaban J connectivity index is 1.25. The minimum atomic E-state index is -3.36. The van der Waals surface area contributed by atoms with Crippen molar-refractivity contribution in [2.24, 2.45) is 11.3 Å². The number of hydrogen-bond donors (Lipinski definition) is 0. The molecule has 9 heteroatoms. The van der Waals surface area contributed by atoms with Crippen LogP contribution in [0.2, 0.25) is 0 Å². The lowest BCUT2D eigenvalue weighted by Gasteiger charge is -2.70. The van der Waals surface area contributed by atoms with Crippen LogP contribution in [-0.2, 0) is 37.7 Å².